The summed E-state index contributed by atoms with van der Waals surface area (Å²) in [6.45, 7) is 0. The number of benzene rings is 2. The molecule has 156 valence electrons. The van der Waals surface area contributed by atoms with Crippen LogP contribution in [0.2, 0.25) is 10.0 Å². The molecule has 5 aliphatic rings. The highest BCUT2D eigenvalue weighted by Crippen LogP contribution is 2.65. The number of imide groups is 1. The van der Waals surface area contributed by atoms with Crippen LogP contribution in [0.1, 0.15) is 16.8 Å². The highest BCUT2D eigenvalue weighted by atomic mass is 35.5. The first kappa shape index (κ1) is 19.1. The van der Waals surface area contributed by atoms with Crippen molar-refractivity contribution in [3.63, 3.8) is 0 Å². The lowest BCUT2D eigenvalue weighted by Crippen LogP contribution is -2.40. The van der Waals surface area contributed by atoms with E-state index in [2.05, 4.69) is 17.5 Å². The van der Waals surface area contributed by atoms with E-state index in [9.17, 15) is 14.4 Å². The van der Waals surface area contributed by atoms with Crippen LogP contribution in [0, 0.1) is 35.5 Å². The lowest BCUT2D eigenvalue weighted by molar-refractivity contribution is -0.124. The van der Waals surface area contributed by atoms with Gasteiger partial charge in [0.25, 0.3) is 5.91 Å². The van der Waals surface area contributed by atoms with E-state index in [0.29, 0.717) is 38.8 Å². The summed E-state index contributed by atoms with van der Waals surface area (Å²) < 4.78 is 0. The molecule has 0 unspecified atom stereocenters. The monoisotopic (exact) mass is 452 g/mol. The maximum atomic E-state index is 13.3. The fourth-order valence-electron chi connectivity index (χ4n) is 5.79. The average molecular weight is 453 g/mol. The lowest BCUT2D eigenvalue weighted by Gasteiger charge is -2.37. The fraction of sp³-hybridized carbons (Fsp3) is 0.292. The van der Waals surface area contributed by atoms with Crippen molar-refractivity contribution in [3.05, 3.63) is 70.2 Å². The van der Waals surface area contributed by atoms with E-state index < -0.39 is 5.91 Å². The number of allylic oxidation sites excluding steroid dienone is 2. The Hall–Kier alpha value is -2.63. The topological polar surface area (TPSA) is 66.5 Å². The number of rotatable bonds is 3. The molecule has 0 aromatic heterocycles. The van der Waals surface area contributed by atoms with Crippen LogP contribution in [0.25, 0.3) is 0 Å². The summed E-state index contributed by atoms with van der Waals surface area (Å²) in [5, 5.41) is 3.55. The molecule has 0 radical (unpaired) electrons. The van der Waals surface area contributed by atoms with Crippen molar-refractivity contribution in [1.29, 1.82) is 0 Å². The second-order valence-electron chi connectivity index (χ2n) is 8.80. The SMILES string of the molecule is O=C(Nc1cc(Cl)ccc1Cl)c1cccc(N2C(=O)[C@H]3[C@@H]4C=C[C@H]([C@@H]5C[C@H]45)[C@@H]3C2=O)c1. The summed E-state index contributed by atoms with van der Waals surface area (Å²) >= 11 is 12.1. The number of anilines is 2. The summed E-state index contributed by atoms with van der Waals surface area (Å²) in [5.74, 6) is 0.203. The summed E-state index contributed by atoms with van der Waals surface area (Å²) in [4.78, 5) is 40.7. The number of nitrogens with zero attached hydrogens (tertiary/aromatic N) is 1. The standard InChI is InChI=1S/C24H18Cl2N2O3/c25-12-4-7-18(26)19(9-12)27-22(29)11-2-1-3-13(8-11)28-23(30)20-14-5-6-15(17-10-16(14)17)21(20)24(28)31/h1-9,14-17,20-21H,10H2,(H,27,29)/t14-,15-,16-,17+,20+,21+/m1/s1. The Bertz CT molecular complexity index is 1160. The van der Waals surface area contributed by atoms with E-state index in [-0.39, 0.29) is 35.5 Å². The first-order chi connectivity index (χ1) is 14.9. The van der Waals surface area contributed by atoms with Gasteiger partial charge in [-0.2, -0.15) is 0 Å². The van der Waals surface area contributed by atoms with Crippen LogP contribution in [0.15, 0.2) is 54.6 Å². The van der Waals surface area contributed by atoms with Crippen molar-refractivity contribution in [2.75, 3.05) is 10.2 Å². The number of hydrogen-bond donors (Lipinski definition) is 1. The largest absolute Gasteiger partial charge is 0.321 e. The van der Waals surface area contributed by atoms with Gasteiger partial charge in [-0.25, -0.2) is 4.90 Å². The number of nitrogens with one attached hydrogen (secondary N) is 1. The average Bonchev–Trinajstić information content (AvgIpc) is 3.54. The number of carbonyl (C=O) groups excluding carboxylic acids is 3. The predicted molar refractivity (Wildman–Crippen MR) is 118 cm³/mol. The molecule has 1 aliphatic heterocycles. The van der Waals surface area contributed by atoms with Gasteiger partial charge in [0.15, 0.2) is 0 Å². The van der Waals surface area contributed by atoms with Crippen LogP contribution >= 0.6 is 23.2 Å². The second kappa shape index (κ2) is 6.68. The fourth-order valence-corrected chi connectivity index (χ4v) is 6.12. The van der Waals surface area contributed by atoms with Crippen LogP contribution in [0.4, 0.5) is 11.4 Å². The molecule has 2 bridgehead atoms. The quantitative estimate of drug-likeness (QED) is 0.536. The molecule has 0 spiro atoms. The van der Waals surface area contributed by atoms with E-state index in [1.807, 2.05) is 0 Å². The van der Waals surface area contributed by atoms with Crippen molar-refractivity contribution >= 4 is 52.3 Å². The van der Waals surface area contributed by atoms with E-state index >= 15 is 0 Å². The molecule has 1 saturated heterocycles. The van der Waals surface area contributed by atoms with Crippen LogP contribution in [0.3, 0.4) is 0 Å². The molecule has 3 fully saturated rings. The van der Waals surface area contributed by atoms with Crippen molar-refractivity contribution in [1.82, 2.24) is 0 Å². The zero-order valence-electron chi connectivity index (χ0n) is 16.3. The summed E-state index contributed by atoms with van der Waals surface area (Å²) in [5.41, 5.74) is 1.15. The van der Waals surface area contributed by atoms with Crippen molar-refractivity contribution in [2.45, 2.75) is 6.42 Å². The Balaban J connectivity index is 1.29. The van der Waals surface area contributed by atoms with Gasteiger partial charge in [0.05, 0.1) is 28.2 Å². The minimum Gasteiger partial charge on any atom is -0.321 e. The lowest BCUT2D eigenvalue weighted by atomic mass is 9.63. The van der Waals surface area contributed by atoms with Gasteiger partial charge in [0.1, 0.15) is 0 Å². The van der Waals surface area contributed by atoms with Gasteiger partial charge in [0, 0.05) is 10.6 Å². The highest BCUT2D eigenvalue weighted by Gasteiger charge is 2.67. The van der Waals surface area contributed by atoms with Crippen LogP contribution < -0.4 is 10.2 Å². The summed E-state index contributed by atoms with van der Waals surface area (Å²) in [6, 6.07) is 11.4. The zero-order chi connectivity index (χ0) is 21.4. The summed E-state index contributed by atoms with van der Waals surface area (Å²) in [7, 11) is 0. The third-order valence-corrected chi connectivity index (χ3v) is 7.77. The normalized spacial score (nSPS) is 32.1. The number of halogens is 2. The highest BCUT2D eigenvalue weighted by molar-refractivity contribution is 6.36. The maximum Gasteiger partial charge on any atom is 0.255 e. The number of hydrogen-bond acceptors (Lipinski definition) is 3. The van der Waals surface area contributed by atoms with Gasteiger partial charge < -0.3 is 5.32 Å². The smallest absolute Gasteiger partial charge is 0.255 e. The number of carbonyl (C=O) groups is 3. The molecule has 1 N–H and O–H groups in total. The van der Waals surface area contributed by atoms with Gasteiger partial charge in [-0.15, -0.1) is 0 Å². The molecule has 4 aliphatic carbocycles. The molecule has 7 rings (SSSR count). The van der Waals surface area contributed by atoms with Crippen LogP contribution in [0.5, 0.6) is 0 Å². The van der Waals surface area contributed by atoms with Gasteiger partial charge in [0.2, 0.25) is 11.8 Å². The van der Waals surface area contributed by atoms with Gasteiger partial charge in [-0.05, 0) is 66.5 Å². The van der Waals surface area contributed by atoms with E-state index in [1.54, 1.807) is 42.5 Å². The molecule has 3 amide bonds. The van der Waals surface area contributed by atoms with Crippen LogP contribution in [-0.4, -0.2) is 17.7 Å². The molecule has 1 heterocycles. The van der Waals surface area contributed by atoms with Crippen molar-refractivity contribution in [3.8, 4) is 0 Å². The predicted octanol–water partition coefficient (Wildman–Crippen LogP) is 4.80. The maximum absolute atomic E-state index is 13.3. The molecule has 2 aromatic carbocycles. The Labute approximate surface area is 189 Å². The zero-order valence-corrected chi connectivity index (χ0v) is 17.8. The molecule has 5 nitrogen and oxygen atoms in total. The Morgan fingerprint density at radius 1 is 0.935 bits per heavy atom. The van der Waals surface area contributed by atoms with Gasteiger partial charge in [-0.3, -0.25) is 14.4 Å². The first-order valence-electron chi connectivity index (χ1n) is 10.4. The minimum absolute atomic E-state index is 0.143. The molecule has 6 atom stereocenters. The molecule has 31 heavy (non-hydrogen) atoms. The summed E-state index contributed by atoms with van der Waals surface area (Å²) in [6.07, 6.45) is 5.41. The third kappa shape index (κ3) is 2.80. The molecule has 2 aromatic rings. The minimum atomic E-state index is -0.398. The van der Waals surface area contributed by atoms with E-state index in [1.165, 1.54) is 4.90 Å². The third-order valence-electron chi connectivity index (χ3n) is 7.21. The van der Waals surface area contributed by atoms with E-state index in [4.69, 9.17) is 23.2 Å². The van der Waals surface area contributed by atoms with Gasteiger partial charge in [-0.1, -0.05) is 41.4 Å². The first-order valence-corrected chi connectivity index (χ1v) is 11.1. The Morgan fingerprint density at radius 3 is 2.29 bits per heavy atom. The van der Waals surface area contributed by atoms with Crippen molar-refractivity contribution < 1.29 is 14.4 Å². The Kier molecular flexibility index (Phi) is 4.11. The molecule has 2 saturated carbocycles. The Morgan fingerprint density at radius 2 is 1.61 bits per heavy atom. The molecular formula is C24H18Cl2N2O3. The van der Waals surface area contributed by atoms with Gasteiger partial charge >= 0.3 is 0 Å². The van der Waals surface area contributed by atoms with Crippen LogP contribution in [-0.2, 0) is 9.59 Å². The number of amides is 3. The second-order valence-corrected chi connectivity index (χ2v) is 9.64. The van der Waals surface area contributed by atoms with Crippen molar-refractivity contribution in [2.24, 2.45) is 35.5 Å². The molecular weight excluding hydrogens is 435 g/mol. The molecule has 7 heteroatoms. The van der Waals surface area contributed by atoms with E-state index in [0.717, 1.165) is 6.42 Å².